The molecule has 246 valence electrons. The van der Waals surface area contributed by atoms with E-state index in [4.69, 9.17) is 0 Å². The number of benzene rings is 1. The summed E-state index contributed by atoms with van der Waals surface area (Å²) in [4.78, 5) is 0. The SMILES string of the molecule is C=C/C(=C(\C=C/C)C1CC(C)CC(NC(=C)CC(C)(C)C)C1)c1ccc(F)c(/C=C(CC)/C(CC)=C(/C=C\CC)C(=C)C)c1C. The first kappa shape index (κ1) is 38.1. The van der Waals surface area contributed by atoms with Crippen molar-refractivity contribution in [3.63, 3.8) is 0 Å². The van der Waals surface area contributed by atoms with Gasteiger partial charge in [-0.2, -0.15) is 0 Å². The minimum absolute atomic E-state index is 0.192. The highest BCUT2D eigenvalue weighted by Gasteiger charge is 2.30. The zero-order valence-electron chi connectivity index (χ0n) is 30.3. The second kappa shape index (κ2) is 17.5. The summed E-state index contributed by atoms with van der Waals surface area (Å²) < 4.78 is 15.7. The zero-order chi connectivity index (χ0) is 33.9. The van der Waals surface area contributed by atoms with E-state index in [-0.39, 0.29) is 11.2 Å². The molecule has 1 aliphatic carbocycles. The van der Waals surface area contributed by atoms with Gasteiger partial charge in [-0.15, -0.1) is 0 Å². The van der Waals surface area contributed by atoms with Gasteiger partial charge in [0.1, 0.15) is 5.82 Å². The smallest absolute Gasteiger partial charge is 0.130 e. The normalized spacial score (nSPS) is 20.7. The summed E-state index contributed by atoms with van der Waals surface area (Å²) in [7, 11) is 0. The average Bonchev–Trinajstić information content (AvgIpc) is 2.95. The molecule has 1 aromatic carbocycles. The number of hydrogen-bond donors (Lipinski definition) is 1. The summed E-state index contributed by atoms with van der Waals surface area (Å²) >= 11 is 0. The molecule has 0 amide bonds. The Kier molecular flexibility index (Phi) is 14.8. The Hall–Kier alpha value is -3.13. The lowest BCUT2D eigenvalue weighted by Gasteiger charge is -2.37. The molecular weight excluding hydrogens is 549 g/mol. The molecule has 0 saturated heterocycles. The van der Waals surface area contributed by atoms with E-state index < -0.39 is 0 Å². The molecule has 0 aromatic heterocycles. The highest BCUT2D eigenvalue weighted by Crippen LogP contribution is 2.40. The van der Waals surface area contributed by atoms with Crippen molar-refractivity contribution in [2.45, 2.75) is 120 Å². The summed E-state index contributed by atoms with van der Waals surface area (Å²) in [6, 6.07) is 3.96. The molecule has 1 N–H and O–H groups in total. The van der Waals surface area contributed by atoms with Crippen LogP contribution in [0.2, 0.25) is 0 Å². The molecule has 3 unspecified atom stereocenters. The maximum Gasteiger partial charge on any atom is 0.130 e. The predicted molar refractivity (Wildman–Crippen MR) is 200 cm³/mol. The fourth-order valence-electron chi connectivity index (χ4n) is 7.03. The van der Waals surface area contributed by atoms with Crippen LogP contribution in [0.15, 0.2) is 95.8 Å². The summed E-state index contributed by atoms with van der Waals surface area (Å²) in [6.07, 6.45) is 19.7. The third-order valence-corrected chi connectivity index (χ3v) is 8.89. The van der Waals surface area contributed by atoms with Gasteiger partial charge in [0.05, 0.1) is 0 Å². The van der Waals surface area contributed by atoms with Gasteiger partial charge < -0.3 is 5.32 Å². The van der Waals surface area contributed by atoms with E-state index in [0.717, 1.165) is 84.1 Å². The Morgan fingerprint density at radius 3 is 2.27 bits per heavy atom. The highest BCUT2D eigenvalue weighted by molar-refractivity contribution is 5.82. The van der Waals surface area contributed by atoms with E-state index in [0.29, 0.717) is 23.4 Å². The van der Waals surface area contributed by atoms with Crippen molar-refractivity contribution in [2.24, 2.45) is 17.3 Å². The quantitative estimate of drug-likeness (QED) is 0.206. The van der Waals surface area contributed by atoms with Gasteiger partial charge in [-0.05, 0) is 134 Å². The van der Waals surface area contributed by atoms with Crippen LogP contribution in [0.4, 0.5) is 4.39 Å². The third-order valence-electron chi connectivity index (χ3n) is 8.89. The van der Waals surface area contributed by atoms with E-state index in [1.54, 1.807) is 6.07 Å². The van der Waals surface area contributed by atoms with Crippen molar-refractivity contribution in [2.75, 3.05) is 0 Å². The van der Waals surface area contributed by atoms with Crippen LogP contribution in [-0.2, 0) is 0 Å². The van der Waals surface area contributed by atoms with Crippen LogP contribution in [0.25, 0.3) is 11.6 Å². The highest BCUT2D eigenvalue weighted by atomic mass is 19.1. The Bertz CT molecular complexity index is 1370. The van der Waals surface area contributed by atoms with Gasteiger partial charge in [0.2, 0.25) is 0 Å². The predicted octanol–water partition coefficient (Wildman–Crippen LogP) is 13.0. The topological polar surface area (TPSA) is 12.0 Å². The summed E-state index contributed by atoms with van der Waals surface area (Å²) in [5.41, 5.74) is 10.9. The molecule has 0 bridgehead atoms. The average molecular weight is 612 g/mol. The lowest BCUT2D eigenvalue weighted by molar-refractivity contribution is 0.257. The van der Waals surface area contributed by atoms with Crippen molar-refractivity contribution >= 4 is 11.6 Å². The molecule has 0 aliphatic heterocycles. The first-order chi connectivity index (χ1) is 21.2. The van der Waals surface area contributed by atoms with Gasteiger partial charge in [0, 0.05) is 17.3 Å². The number of halogens is 1. The third kappa shape index (κ3) is 10.7. The molecule has 45 heavy (non-hydrogen) atoms. The second-order valence-electron chi connectivity index (χ2n) is 14.3. The number of nitrogens with one attached hydrogen (secondary N) is 1. The van der Waals surface area contributed by atoms with Gasteiger partial charge in [-0.1, -0.05) is 110 Å². The number of hydrogen-bond acceptors (Lipinski definition) is 1. The van der Waals surface area contributed by atoms with Gasteiger partial charge in [-0.25, -0.2) is 4.39 Å². The first-order valence-electron chi connectivity index (χ1n) is 17.2. The van der Waals surface area contributed by atoms with Crippen molar-refractivity contribution in [3.05, 3.63) is 118 Å². The maximum atomic E-state index is 15.7. The zero-order valence-corrected chi connectivity index (χ0v) is 30.3. The Labute approximate surface area is 276 Å². The van der Waals surface area contributed by atoms with Crippen LogP contribution in [0.5, 0.6) is 0 Å². The fraction of sp³-hybridized carbons (Fsp3) is 0.488. The van der Waals surface area contributed by atoms with Crippen LogP contribution in [-0.4, -0.2) is 6.04 Å². The number of rotatable bonds is 14. The van der Waals surface area contributed by atoms with Crippen LogP contribution in [0, 0.1) is 30.0 Å². The van der Waals surface area contributed by atoms with E-state index in [2.05, 4.69) is 125 Å². The van der Waals surface area contributed by atoms with Gasteiger partial charge in [0.15, 0.2) is 0 Å². The summed E-state index contributed by atoms with van der Waals surface area (Å²) in [6.45, 7) is 34.7. The van der Waals surface area contributed by atoms with Crippen molar-refractivity contribution in [3.8, 4) is 0 Å². The minimum Gasteiger partial charge on any atom is -0.386 e. The molecule has 2 heteroatoms. The largest absolute Gasteiger partial charge is 0.386 e. The van der Waals surface area contributed by atoms with Crippen LogP contribution in [0.3, 0.4) is 0 Å². The van der Waals surface area contributed by atoms with Crippen molar-refractivity contribution in [1.82, 2.24) is 5.32 Å². The first-order valence-corrected chi connectivity index (χ1v) is 17.2. The fourth-order valence-corrected chi connectivity index (χ4v) is 7.03. The van der Waals surface area contributed by atoms with Crippen LogP contribution < -0.4 is 5.32 Å². The van der Waals surface area contributed by atoms with E-state index in [1.807, 2.05) is 12.1 Å². The second-order valence-corrected chi connectivity index (χ2v) is 14.3. The standard InChI is InChI=1S/C43H62FN/c1-14-19-21-38(29(6)7)36(17-4)33(16-3)27-41-32(10)39(22-23-42(41)44)37(18-5)40(20-15-2)34-24-30(8)25-35(26-34)45-31(9)28-43(11,12)13/h15,18-23,27,30,34-35,45H,5-6,9,14,16-17,24-26,28H2,1-4,7-8,10-13H3/b20-15-,21-19-,33-27+,38-36-,40-37-. The van der Waals surface area contributed by atoms with Gasteiger partial charge in [0.25, 0.3) is 0 Å². The molecule has 2 rings (SSSR count). The monoisotopic (exact) mass is 611 g/mol. The van der Waals surface area contributed by atoms with E-state index in [9.17, 15) is 0 Å². The maximum absolute atomic E-state index is 15.7. The Morgan fingerprint density at radius 1 is 1.04 bits per heavy atom. The van der Waals surface area contributed by atoms with Crippen LogP contribution in [0.1, 0.15) is 124 Å². The molecular formula is C43H62FN. The van der Waals surface area contributed by atoms with E-state index in [1.165, 1.54) is 11.1 Å². The molecule has 1 saturated carbocycles. The van der Waals surface area contributed by atoms with Gasteiger partial charge in [-0.3, -0.25) is 0 Å². The summed E-state index contributed by atoms with van der Waals surface area (Å²) in [5, 5.41) is 3.79. The molecule has 0 radical (unpaired) electrons. The molecule has 1 fully saturated rings. The number of allylic oxidation sites excluding steroid dienone is 12. The minimum atomic E-state index is -0.192. The molecule has 0 spiro atoms. The lowest BCUT2D eigenvalue weighted by atomic mass is 9.73. The molecule has 1 aliphatic rings. The van der Waals surface area contributed by atoms with Crippen molar-refractivity contribution < 1.29 is 4.39 Å². The molecule has 0 heterocycles. The summed E-state index contributed by atoms with van der Waals surface area (Å²) in [5.74, 6) is 0.756. The van der Waals surface area contributed by atoms with Gasteiger partial charge >= 0.3 is 0 Å². The molecule has 1 aromatic rings. The van der Waals surface area contributed by atoms with Crippen molar-refractivity contribution in [1.29, 1.82) is 0 Å². The Morgan fingerprint density at radius 2 is 1.73 bits per heavy atom. The lowest BCUT2D eigenvalue weighted by Crippen LogP contribution is -2.37. The van der Waals surface area contributed by atoms with E-state index >= 15 is 4.39 Å². The Balaban J connectivity index is 2.70. The molecule has 1 nitrogen and oxygen atoms in total. The molecule has 3 atom stereocenters. The van der Waals surface area contributed by atoms with Crippen LogP contribution >= 0.6 is 0 Å².